The molecule has 15 heavy (non-hydrogen) atoms. The first kappa shape index (κ1) is 12.1. The fourth-order valence-electron chi connectivity index (χ4n) is 1.25. The fraction of sp³-hybridized carbons (Fsp3) is 0.417. The molecule has 0 bridgehead atoms. The Morgan fingerprint density at radius 1 is 1.27 bits per heavy atom. The van der Waals surface area contributed by atoms with Gasteiger partial charge >= 0.3 is 0 Å². The molecule has 0 aliphatic heterocycles. The van der Waals surface area contributed by atoms with E-state index in [2.05, 4.69) is 0 Å². The van der Waals surface area contributed by atoms with Crippen LogP contribution in [0.2, 0.25) is 0 Å². The fourth-order valence-corrected chi connectivity index (χ4v) is 1.91. The maximum Gasteiger partial charge on any atom is 0.175 e. The highest BCUT2D eigenvalue weighted by Gasteiger charge is 2.09. The molecule has 82 valence electrons. The molecule has 1 atom stereocenters. The molecule has 0 saturated heterocycles. The highest BCUT2D eigenvalue weighted by Crippen LogP contribution is 2.10. The van der Waals surface area contributed by atoms with Crippen LogP contribution in [0.4, 0.5) is 0 Å². The van der Waals surface area contributed by atoms with Gasteiger partial charge in [-0.05, 0) is 31.0 Å². The first-order valence-corrected chi connectivity index (χ1v) is 6.48. The Kier molecular flexibility index (Phi) is 4.21. The highest BCUT2D eigenvalue weighted by atomic mass is 32.2. The first-order chi connectivity index (χ1) is 7.04. The molecule has 0 heterocycles. The van der Waals surface area contributed by atoms with Crippen LogP contribution in [0.25, 0.3) is 0 Å². The van der Waals surface area contributed by atoms with E-state index in [0.717, 1.165) is 5.56 Å². The van der Waals surface area contributed by atoms with Crippen molar-refractivity contribution in [2.24, 2.45) is 0 Å². The largest absolute Gasteiger partial charge is 0.293 e. The standard InChI is InChI=1S/C12H16O2S/c1-4-15(14)8-12(13)11-6-5-9(2)10(3)7-11/h5-7H,4,8H2,1-3H3. The summed E-state index contributed by atoms with van der Waals surface area (Å²) in [5, 5.41) is 0. The van der Waals surface area contributed by atoms with E-state index in [4.69, 9.17) is 0 Å². The Hall–Kier alpha value is -0.960. The van der Waals surface area contributed by atoms with Crippen LogP contribution in [-0.4, -0.2) is 21.5 Å². The summed E-state index contributed by atoms with van der Waals surface area (Å²) in [6.45, 7) is 5.81. The van der Waals surface area contributed by atoms with E-state index in [-0.39, 0.29) is 11.5 Å². The summed E-state index contributed by atoms with van der Waals surface area (Å²) in [6.07, 6.45) is 0. The van der Waals surface area contributed by atoms with Crippen LogP contribution in [0, 0.1) is 13.8 Å². The molecule has 0 aliphatic carbocycles. The third-order valence-electron chi connectivity index (χ3n) is 2.44. The molecule has 3 heteroatoms. The number of Topliss-reactive ketones (excluding diaryl/α,β-unsaturated/α-hetero) is 1. The van der Waals surface area contributed by atoms with Gasteiger partial charge in [0.1, 0.15) is 0 Å². The summed E-state index contributed by atoms with van der Waals surface area (Å²) in [6, 6.07) is 5.60. The van der Waals surface area contributed by atoms with E-state index in [1.165, 1.54) is 5.56 Å². The minimum absolute atomic E-state index is 0.0294. The Morgan fingerprint density at radius 2 is 1.93 bits per heavy atom. The summed E-state index contributed by atoms with van der Waals surface area (Å²) in [5.41, 5.74) is 2.94. The van der Waals surface area contributed by atoms with Gasteiger partial charge in [0, 0.05) is 22.1 Å². The Bertz CT molecular complexity index is 397. The van der Waals surface area contributed by atoms with Crippen LogP contribution in [-0.2, 0) is 10.8 Å². The van der Waals surface area contributed by atoms with Gasteiger partial charge in [0.15, 0.2) is 5.78 Å². The van der Waals surface area contributed by atoms with Gasteiger partial charge in [-0.15, -0.1) is 0 Å². The second-order valence-electron chi connectivity index (χ2n) is 3.60. The summed E-state index contributed by atoms with van der Waals surface area (Å²) in [5.74, 6) is 0.647. The van der Waals surface area contributed by atoms with Gasteiger partial charge in [-0.3, -0.25) is 9.00 Å². The third kappa shape index (κ3) is 3.27. The van der Waals surface area contributed by atoms with Crippen molar-refractivity contribution in [1.29, 1.82) is 0 Å². The van der Waals surface area contributed by atoms with Crippen molar-refractivity contribution in [2.75, 3.05) is 11.5 Å². The zero-order valence-corrected chi connectivity index (χ0v) is 10.2. The number of ketones is 1. The highest BCUT2D eigenvalue weighted by molar-refractivity contribution is 7.85. The lowest BCUT2D eigenvalue weighted by Crippen LogP contribution is -2.12. The Labute approximate surface area is 93.2 Å². The second-order valence-corrected chi connectivity index (χ2v) is 5.34. The van der Waals surface area contributed by atoms with Gasteiger partial charge in [0.05, 0.1) is 5.75 Å². The lowest BCUT2D eigenvalue weighted by molar-refractivity contribution is 0.102. The number of carbonyl (C=O) groups is 1. The van der Waals surface area contributed by atoms with Gasteiger partial charge in [0.25, 0.3) is 0 Å². The minimum Gasteiger partial charge on any atom is -0.293 e. The van der Waals surface area contributed by atoms with E-state index in [1.807, 2.05) is 32.9 Å². The molecular weight excluding hydrogens is 208 g/mol. The van der Waals surface area contributed by atoms with Crippen LogP contribution >= 0.6 is 0 Å². The van der Waals surface area contributed by atoms with E-state index >= 15 is 0 Å². The molecule has 0 radical (unpaired) electrons. The minimum atomic E-state index is -1.02. The normalized spacial score (nSPS) is 12.5. The van der Waals surface area contributed by atoms with Crippen molar-refractivity contribution in [3.63, 3.8) is 0 Å². The summed E-state index contributed by atoms with van der Waals surface area (Å²) in [7, 11) is -1.02. The summed E-state index contributed by atoms with van der Waals surface area (Å²) in [4.78, 5) is 11.7. The lowest BCUT2D eigenvalue weighted by Gasteiger charge is -2.03. The molecule has 1 rings (SSSR count). The van der Waals surface area contributed by atoms with Gasteiger partial charge in [-0.2, -0.15) is 0 Å². The number of benzene rings is 1. The first-order valence-electron chi connectivity index (χ1n) is 5.00. The molecule has 0 aliphatic rings. The van der Waals surface area contributed by atoms with Crippen LogP contribution in [0.5, 0.6) is 0 Å². The maximum absolute atomic E-state index is 11.7. The Balaban J connectivity index is 2.83. The smallest absolute Gasteiger partial charge is 0.175 e. The molecule has 1 aromatic carbocycles. The molecule has 0 saturated carbocycles. The third-order valence-corrected chi connectivity index (χ3v) is 3.67. The van der Waals surface area contributed by atoms with E-state index in [1.54, 1.807) is 6.07 Å². The Morgan fingerprint density at radius 3 is 2.47 bits per heavy atom. The SMILES string of the molecule is CCS(=O)CC(=O)c1ccc(C)c(C)c1. The van der Waals surface area contributed by atoms with Crippen LogP contribution in [0.3, 0.4) is 0 Å². The number of rotatable bonds is 4. The molecule has 1 aromatic rings. The van der Waals surface area contributed by atoms with Gasteiger partial charge in [-0.25, -0.2) is 0 Å². The molecule has 0 fully saturated rings. The van der Waals surface area contributed by atoms with Crippen molar-refractivity contribution in [3.8, 4) is 0 Å². The zero-order chi connectivity index (χ0) is 11.4. The van der Waals surface area contributed by atoms with Crippen molar-refractivity contribution in [1.82, 2.24) is 0 Å². The predicted molar refractivity (Wildman–Crippen MR) is 63.8 cm³/mol. The summed E-state index contributed by atoms with van der Waals surface area (Å²) < 4.78 is 11.2. The molecule has 0 spiro atoms. The maximum atomic E-state index is 11.7. The van der Waals surface area contributed by atoms with Crippen LogP contribution in [0.1, 0.15) is 28.4 Å². The summed E-state index contributed by atoms with van der Waals surface area (Å²) >= 11 is 0. The van der Waals surface area contributed by atoms with Crippen molar-refractivity contribution in [3.05, 3.63) is 34.9 Å². The van der Waals surface area contributed by atoms with E-state index < -0.39 is 10.8 Å². The number of hydrogen-bond donors (Lipinski definition) is 0. The van der Waals surface area contributed by atoms with E-state index in [9.17, 15) is 9.00 Å². The van der Waals surface area contributed by atoms with E-state index in [0.29, 0.717) is 11.3 Å². The molecule has 0 N–H and O–H groups in total. The number of aryl methyl sites for hydroxylation is 2. The zero-order valence-electron chi connectivity index (χ0n) is 9.37. The molecule has 0 amide bonds. The number of carbonyl (C=O) groups excluding carboxylic acids is 1. The predicted octanol–water partition coefficient (Wildman–Crippen LogP) is 2.25. The quantitative estimate of drug-likeness (QED) is 0.735. The molecule has 0 aromatic heterocycles. The average molecular weight is 224 g/mol. The van der Waals surface area contributed by atoms with Crippen LogP contribution in [0.15, 0.2) is 18.2 Å². The lowest BCUT2D eigenvalue weighted by atomic mass is 10.0. The molecule has 1 unspecified atom stereocenters. The molecular formula is C12H16O2S. The van der Waals surface area contributed by atoms with Gasteiger partial charge in [0.2, 0.25) is 0 Å². The van der Waals surface area contributed by atoms with Crippen molar-refractivity contribution < 1.29 is 9.00 Å². The monoisotopic (exact) mass is 224 g/mol. The van der Waals surface area contributed by atoms with Gasteiger partial charge < -0.3 is 0 Å². The van der Waals surface area contributed by atoms with Gasteiger partial charge in [-0.1, -0.05) is 19.1 Å². The van der Waals surface area contributed by atoms with Crippen molar-refractivity contribution in [2.45, 2.75) is 20.8 Å². The second kappa shape index (κ2) is 5.21. The number of hydrogen-bond acceptors (Lipinski definition) is 2. The average Bonchev–Trinajstić information content (AvgIpc) is 2.21. The molecule has 2 nitrogen and oxygen atoms in total. The van der Waals surface area contributed by atoms with Crippen LogP contribution < -0.4 is 0 Å². The van der Waals surface area contributed by atoms with Crippen molar-refractivity contribution >= 4 is 16.6 Å². The topological polar surface area (TPSA) is 34.1 Å².